The lowest BCUT2D eigenvalue weighted by Crippen LogP contribution is -2.55. The maximum Gasteiger partial charge on any atom is 0.226 e. The van der Waals surface area contributed by atoms with E-state index in [0.29, 0.717) is 5.91 Å². The van der Waals surface area contributed by atoms with Crippen LogP contribution in [0.15, 0.2) is 41.8 Å². The summed E-state index contributed by atoms with van der Waals surface area (Å²) in [4.78, 5) is 23.6. The van der Waals surface area contributed by atoms with Crippen molar-refractivity contribution in [3.8, 4) is 10.7 Å². The van der Waals surface area contributed by atoms with Crippen LogP contribution in [-0.2, 0) is 4.79 Å². The fourth-order valence-corrected chi connectivity index (χ4v) is 5.92. The number of benzene rings is 1. The van der Waals surface area contributed by atoms with Crippen molar-refractivity contribution < 1.29 is 4.79 Å². The van der Waals surface area contributed by atoms with E-state index >= 15 is 0 Å². The largest absolute Gasteiger partial charge is 0.338 e. The average molecular weight is 447 g/mol. The summed E-state index contributed by atoms with van der Waals surface area (Å²) >= 11 is 1.65. The van der Waals surface area contributed by atoms with Gasteiger partial charge < -0.3 is 9.80 Å². The van der Waals surface area contributed by atoms with Gasteiger partial charge in [-0.25, -0.2) is 9.38 Å². The molecule has 32 heavy (non-hydrogen) atoms. The zero-order valence-corrected chi connectivity index (χ0v) is 19.0. The maximum atomic E-state index is 13.1. The molecule has 1 amide bonds. The molecule has 4 heterocycles. The Morgan fingerprint density at radius 1 is 1.06 bits per heavy atom. The molecule has 8 heteroatoms. The molecule has 2 fully saturated rings. The van der Waals surface area contributed by atoms with Crippen LogP contribution in [0.2, 0.25) is 0 Å². The van der Waals surface area contributed by atoms with E-state index in [1.807, 2.05) is 24.3 Å². The molecule has 0 spiro atoms. The number of carbonyl (C=O) groups is 1. The van der Waals surface area contributed by atoms with Gasteiger partial charge in [-0.1, -0.05) is 31.0 Å². The Hall–Kier alpha value is -3.00. The van der Waals surface area contributed by atoms with E-state index in [1.54, 1.807) is 11.3 Å². The van der Waals surface area contributed by atoms with Gasteiger partial charge in [0.25, 0.3) is 0 Å². The van der Waals surface area contributed by atoms with Crippen molar-refractivity contribution in [2.45, 2.75) is 38.6 Å². The molecular weight excluding hydrogens is 420 g/mol. The minimum absolute atomic E-state index is 0.141. The van der Waals surface area contributed by atoms with Crippen LogP contribution in [0, 0.1) is 5.92 Å². The molecule has 1 aliphatic carbocycles. The van der Waals surface area contributed by atoms with Gasteiger partial charge in [0, 0.05) is 37.0 Å². The first-order chi connectivity index (χ1) is 15.7. The number of hydrogen-bond acceptors (Lipinski definition) is 6. The number of carbonyl (C=O) groups excluding carboxylic acids is 1. The molecule has 1 saturated heterocycles. The second-order valence-corrected chi connectivity index (χ2v) is 9.84. The second-order valence-electron chi connectivity index (χ2n) is 8.90. The highest BCUT2D eigenvalue weighted by atomic mass is 32.1. The molecule has 2 aliphatic rings. The van der Waals surface area contributed by atoms with Gasteiger partial charge in [-0.05, 0) is 43.3 Å². The number of para-hydroxylation sites is 1. The topological polar surface area (TPSA) is 66.6 Å². The van der Waals surface area contributed by atoms with Crippen LogP contribution in [0.25, 0.3) is 27.3 Å². The highest BCUT2D eigenvalue weighted by molar-refractivity contribution is 7.13. The Labute approximate surface area is 190 Å². The summed E-state index contributed by atoms with van der Waals surface area (Å²) in [5, 5.41) is 12.2. The van der Waals surface area contributed by atoms with Crippen molar-refractivity contribution in [1.29, 1.82) is 0 Å². The van der Waals surface area contributed by atoms with Gasteiger partial charge in [-0.3, -0.25) is 4.79 Å². The number of piperazine rings is 1. The summed E-state index contributed by atoms with van der Waals surface area (Å²) in [6.45, 7) is 4.39. The van der Waals surface area contributed by atoms with Gasteiger partial charge >= 0.3 is 0 Å². The van der Waals surface area contributed by atoms with Gasteiger partial charge in [-0.15, -0.1) is 21.5 Å². The molecule has 6 rings (SSSR count). The van der Waals surface area contributed by atoms with E-state index in [-0.39, 0.29) is 12.0 Å². The second kappa shape index (κ2) is 7.85. The van der Waals surface area contributed by atoms with Crippen LogP contribution in [-0.4, -0.2) is 56.1 Å². The van der Waals surface area contributed by atoms with Crippen LogP contribution in [0.3, 0.4) is 0 Å². The number of thiophene rings is 1. The maximum absolute atomic E-state index is 13.1. The molecule has 3 aromatic heterocycles. The summed E-state index contributed by atoms with van der Waals surface area (Å²) in [5.74, 6) is 2.24. The number of amides is 1. The van der Waals surface area contributed by atoms with Crippen LogP contribution < -0.4 is 4.90 Å². The number of hydrogen-bond donors (Lipinski definition) is 0. The SMILES string of the molecule is CC1CN(c2nc3ccccc3c3nnc(-c4cccs4)n23)CCN1C(=O)C1CCCC1. The highest BCUT2D eigenvalue weighted by Gasteiger charge is 2.34. The number of rotatable bonds is 3. The molecule has 7 nitrogen and oxygen atoms in total. The molecule has 1 aliphatic heterocycles. The molecule has 0 bridgehead atoms. The predicted octanol–water partition coefficient (Wildman–Crippen LogP) is 4.23. The van der Waals surface area contributed by atoms with Crippen LogP contribution in [0.1, 0.15) is 32.6 Å². The van der Waals surface area contributed by atoms with Crippen molar-refractivity contribution in [1.82, 2.24) is 24.5 Å². The smallest absolute Gasteiger partial charge is 0.226 e. The molecule has 1 atom stereocenters. The third-order valence-electron chi connectivity index (χ3n) is 6.87. The zero-order chi connectivity index (χ0) is 21.7. The van der Waals surface area contributed by atoms with E-state index < -0.39 is 0 Å². The summed E-state index contributed by atoms with van der Waals surface area (Å²) in [5.41, 5.74) is 1.74. The quantitative estimate of drug-likeness (QED) is 0.471. The van der Waals surface area contributed by atoms with E-state index in [4.69, 9.17) is 4.98 Å². The van der Waals surface area contributed by atoms with E-state index in [2.05, 4.69) is 48.8 Å². The van der Waals surface area contributed by atoms with Crippen molar-refractivity contribution in [2.24, 2.45) is 5.92 Å². The predicted molar refractivity (Wildman–Crippen MR) is 127 cm³/mol. The molecule has 4 aromatic rings. The normalized spacial score (nSPS) is 20.0. The lowest BCUT2D eigenvalue weighted by atomic mass is 10.0. The van der Waals surface area contributed by atoms with E-state index in [9.17, 15) is 4.79 Å². The fraction of sp³-hybridized carbons (Fsp3) is 0.417. The first-order valence-corrected chi connectivity index (χ1v) is 12.3. The van der Waals surface area contributed by atoms with Gasteiger partial charge in [-0.2, -0.15) is 0 Å². The minimum Gasteiger partial charge on any atom is -0.338 e. The number of aromatic nitrogens is 4. The van der Waals surface area contributed by atoms with Gasteiger partial charge in [0.05, 0.1) is 10.4 Å². The fourth-order valence-electron chi connectivity index (χ4n) is 5.22. The molecule has 164 valence electrons. The van der Waals surface area contributed by atoms with Crippen LogP contribution in [0.5, 0.6) is 0 Å². The minimum atomic E-state index is 0.141. The number of nitrogens with zero attached hydrogens (tertiary/aromatic N) is 6. The first kappa shape index (κ1) is 19.7. The van der Waals surface area contributed by atoms with Crippen molar-refractivity contribution in [3.05, 3.63) is 41.8 Å². The Bertz CT molecular complexity index is 1280. The summed E-state index contributed by atoms with van der Waals surface area (Å²) in [7, 11) is 0. The highest BCUT2D eigenvalue weighted by Crippen LogP contribution is 2.32. The Kier molecular flexibility index (Phi) is 4.82. The Balaban J connectivity index is 1.40. The zero-order valence-electron chi connectivity index (χ0n) is 18.1. The summed E-state index contributed by atoms with van der Waals surface area (Å²) in [6, 6.07) is 12.3. The van der Waals surface area contributed by atoms with Gasteiger partial charge in [0.1, 0.15) is 0 Å². The lowest BCUT2D eigenvalue weighted by molar-refractivity contribution is -0.137. The van der Waals surface area contributed by atoms with E-state index in [0.717, 1.165) is 65.7 Å². The first-order valence-electron chi connectivity index (χ1n) is 11.4. The van der Waals surface area contributed by atoms with Crippen molar-refractivity contribution in [3.63, 3.8) is 0 Å². The molecule has 1 aromatic carbocycles. The van der Waals surface area contributed by atoms with Gasteiger partial charge in [0.15, 0.2) is 11.5 Å². The third-order valence-corrected chi connectivity index (χ3v) is 7.73. The molecular formula is C24H26N6OS. The number of fused-ring (bicyclic) bond motifs is 3. The van der Waals surface area contributed by atoms with Crippen molar-refractivity contribution in [2.75, 3.05) is 24.5 Å². The molecule has 0 N–H and O–H groups in total. The lowest BCUT2D eigenvalue weighted by Gasteiger charge is -2.41. The molecule has 1 unspecified atom stereocenters. The van der Waals surface area contributed by atoms with Crippen LogP contribution in [0.4, 0.5) is 5.95 Å². The average Bonchev–Trinajstić information content (AvgIpc) is 3.59. The summed E-state index contributed by atoms with van der Waals surface area (Å²) in [6.07, 6.45) is 4.46. The molecule has 1 saturated carbocycles. The number of anilines is 1. The molecule has 0 radical (unpaired) electrons. The van der Waals surface area contributed by atoms with Crippen molar-refractivity contribution >= 4 is 39.7 Å². The summed E-state index contributed by atoms with van der Waals surface area (Å²) < 4.78 is 2.09. The Morgan fingerprint density at radius 3 is 2.69 bits per heavy atom. The monoisotopic (exact) mass is 446 g/mol. The Morgan fingerprint density at radius 2 is 1.91 bits per heavy atom. The van der Waals surface area contributed by atoms with Crippen LogP contribution >= 0.6 is 11.3 Å². The third kappa shape index (κ3) is 3.16. The van der Waals surface area contributed by atoms with E-state index in [1.165, 1.54) is 12.8 Å². The standard InChI is InChI=1S/C24H26N6OS/c1-16-15-28(12-13-29(16)23(31)17-7-2-3-8-17)24-25-19-10-5-4-9-18(19)21-26-27-22(30(21)24)20-11-6-14-32-20/h4-6,9-11,14,16-17H,2-3,7-8,12-13,15H2,1H3. The van der Waals surface area contributed by atoms with Gasteiger partial charge in [0.2, 0.25) is 11.9 Å².